The predicted octanol–water partition coefficient (Wildman–Crippen LogP) is 2.99. The first kappa shape index (κ1) is 13.7. The molecule has 0 aliphatic carbocycles. The smallest absolute Gasteiger partial charge is 0.262 e. The lowest BCUT2D eigenvalue weighted by molar-refractivity contribution is -0.118. The number of nitrogens with one attached hydrogen (secondary N) is 2. The molecule has 0 saturated carbocycles. The molecule has 3 rings (SSSR count). The minimum Gasteiger partial charge on any atom is -0.482 e. The molecule has 0 radical (unpaired) electrons. The minimum absolute atomic E-state index is 0.0646. The van der Waals surface area contributed by atoms with Gasteiger partial charge >= 0.3 is 0 Å². The molecule has 108 valence electrons. The van der Waals surface area contributed by atoms with Crippen LogP contribution >= 0.6 is 11.6 Å². The largest absolute Gasteiger partial charge is 0.482 e. The summed E-state index contributed by atoms with van der Waals surface area (Å²) >= 11 is 6.05. The molecule has 0 saturated heterocycles. The number of halogens is 1. The SMILES string of the molecule is Cc1cnc(Cl)c(NCc2ccc3c(c2)NC(=O)CO3)c1. The van der Waals surface area contributed by atoms with Crippen LogP contribution in [0.2, 0.25) is 5.15 Å². The maximum Gasteiger partial charge on any atom is 0.262 e. The van der Waals surface area contributed by atoms with Crippen LogP contribution in [0.1, 0.15) is 11.1 Å². The van der Waals surface area contributed by atoms with Crippen molar-refractivity contribution in [3.05, 3.63) is 46.7 Å². The number of fused-ring (bicyclic) bond motifs is 1. The number of nitrogens with zero attached hydrogens (tertiary/aromatic N) is 1. The summed E-state index contributed by atoms with van der Waals surface area (Å²) in [7, 11) is 0. The Hall–Kier alpha value is -2.27. The third-order valence-corrected chi connectivity index (χ3v) is 3.44. The Morgan fingerprint density at radius 1 is 1.43 bits per heavy atom. The standard InChI is InChI=1S/C15H14ClN3O2/c1-9-4-12(15(16)18-6-9)17-7-10-2-3-13-11(5-10)19-14(20)8-21-13/h2-6,17H,7-8H2,1H3,(H,19,20). The zero-order valence-corrected chi connectivity index (χ0v) is 12.2. The number of carbonyl (C=O) groups is 1. The van der Waals surface area contributed by atoms with Gasteiger partial charge < -0.3 is 15.4 Å². The van der Waals surface area contributed by atoms with Gasteiger partial charge in [0.05, 0.1) is 11.4 Å². The number of benzene rings is 1. The molecule has 0 spiro atoms. The molecule has 5 nitrogen and oxygen atoms in total. The highest BCUT2D eigenvalue weighted by atomic mass is 35.5. The Morgan fingerprint density at radius 3 is 3.14 bits per heavy atom. The second-order valence-corrected chi connectivity index (χ2v) is 5.23. The molecule has 21 heavy (non-hydrogen) atoms. The molecule has 6 heteroatoms. The van der Waals surface area contributed by atoms with Crippen LogP contribution in [0.5, 0.6) is 5.75 Å². The fraction of sp³-hybridized carbons (Fsp3) is 0.200. The molecule has 2 N–H and O–H groups in total. The van der Waals surface area contributed by atoms with Gasteiger partial charge in [0.2, 0.25) is 0 Å². The van der Waals surface area contributed by atoms with Crippen LogP contribution in [0.4, 0.5) is 11.4 Å². The van der Waals surface area contributed by atoms with Crippen LogP contribution < -0.4 is 15.4 Å². The Balaban J connectivity index is 1.75. The van der Waals surface area contributed by atoms with Gasteiger partial charge in [0, 0.05) is 12.7 Å². The summed E-state index contributed by atoms with van der Waals surface area (Å²) in [5.74, 6) is 0.548. The Bertz CT molecular complexity index is 703. The summed E-state index contributed by atoms with van der Waals surface area (Å²) in [4.78, 5) is 15.4. The van der Waals surface area contributed by atoms with Gasteiger partial charge in [-0.15, -0.1) is 0 Å². The van der Waals surface area contributed by atoms with E-state index in [2.05, 4.69) is 15.6 Å². The number of anilines is 2. The Kier molecular flexibility index (Phi) is 3.66. The molecule has 2 aromatic rings. The van der Waals surface area contributed by atoms with Crippen LogP contribution in [-0.2, 0) is 11.3 Å². The predicted molar refractivity (Wildman–Crippen MR) is 81.9 cm³/mol. The summed E-state index contributed by atoms with van der Waals surface area (Å²) in [5, 5.41) is 6.47. The lowest BCUT2D eigenvalue weighted by atomic mass is 10.1. The first-order chi connectivity index (χ1) is 10.1. The van der Waals surface area contributed by atoms with Crippen molar-refractivity contribution in [2.45, 2.75) is 13.5 Å². The maximum absolute atomic E-state index is 11.3. The van der Waals surface area contributed by atoms with E-state index in [1.54, 1.807) is 6.20 Å². The summed E-state index contributed by atoms with van der Waals surface area (Å²) in [6.07, 6.45) is 1.72. The molecule has 0 bridgehead atoms. The van der Waals surface area contributed by atoms with Crippen molar-refractivity contribution < 1.29 is 9.53 Å². The molecule has 1 aliphatic heterocycles. The van der Waals surface area contributed by atoms with Crippen LogP contribution in [-0.4, -0.2) is 17.5 Å². The number of ether oxygens (including phenoxy) is 1. The topological polar surface area (TPSA) is 63.2 Å². The number of amides is 1. The van der Waals surface area contributed by atoms with Gasteiger partial charge in [0.1, 0.15) is 5.75 Å². The van der Waals surface area contributed by atoms with E-state index in [1.165, 1.54) is 0 Å². The molecule has 1 amide bonds. The highest BCUT2D eigenvalue weighted by molar-refractivity contribution is 6.31. The Labute approximate surface area is 127 Å². The van der Waals surface area contributed by atoms with Crippen molar-refractivity contribution in [2.24, 2.45) is 0 Å². The number of pyridine rings is 1. The van der Waals surface area contributed by atoms with Crippen molar-refractivity contribution in [1.82, 2.24) is 4.98 Å². The van der Waals surface area contributed by atoms with E-state index in [0.29, 0.717) is 23.1 Å². The summed E-state index contributed by atoms with van der Waals surface area (Å²) in [6, 6.07) is 7.62. The average Bonchev–Trinajstić information content (AvgIpc) is 2.47. The van der Waals surface area contributed by atoms with Gasteiger partial charge in [-0.25, -0.2) is 4.98 Å². The average molecular weight is 304 g/mol. The third kappa shape index (κ3) is 3.08. The van der Waals surface area contributed by atoms with Crippen molar-refractivity contribution in [3.63, 3.8) is 0 Å². The highest BCUT2D eigenvalue weighted by Crippen LogP contribution is 2.29. The fourth-order valence-electron chi connectivity index (χ4n) is 2.11. The Morgan fingerprint density at radius 2 is 2.29 bits per heavy atom. The molecule has 1 aromatic heterocycles. The number of aryl methyl sites for hydroxylation is 1. The van der Waals surface area contributed by atoms with Gasteiger partial charge in [0.25, 0.3) is 5.91 Å². The maximum atomic E-state index is 11.3. The summed E-state index contributed by atoms with van der Waals surface area (Å²) in [6.45, 7) is 2.60. The molecule has 0 atom stereocenters. The van der Waals surface area contributed by atoms with Crippen LogP contribution in [0.25, 0.3) is 0 Å². The molecular formula is C15H14ClN3O2. The number of aromatic nitrogens is 1. The van der Waals surface area contributed by atoms with Crippen molar-refractivity contribution >= 4 is 28.9 Å². The van der Waals surface area contributed by atoms with Crippen molar-refractivity contribution in [3.8, 4) is 5.75 Å². The van der Waals surface area contributed by atoms with E-state index < -0.39 is 0 Å². The number of carbonyl (C=O) groups excluding carboxylic acids is 1. The minimum atomic E-state index is -0.140. The lowest BCUT2D eigenvalue weighted by Crippen LogP contribution is -2.25. The second kappa shape index (κ2) is 5.61. The molecule has 0 fully saturated rings. The lowest BCUT2D eigenvalue weighted by Gasteiger charge is -2.18. The molecular weight excluding hydrogens is 290 g/mol. The van der Waals surface area contributed by atoms with Crippen LogP contribution in [0.3, 0.4) is 0 Å². The van der Waals surface area contributed by atoms with Gasteiger partial charge in [0.15, 0.2) is 11.8 Å². The monoisotopic (exact) mass is 303 g/mol. The van der Waals surface area contributed by atoms with E-state index in [0.717, 1.165) is 16.8 Å². The van der Waals surface area contributed by atoms with E-state index in [1.807, 2.05) is 31.2 Å². The number of hydrogen-bond donors (Lipinski definition) is 2. The van der Waals surface area contributed by atoms with Crippen molar-refractivity contribution in [2.75, 3.05) is 17.2 Å². The van der Waals surface area contributed by atoms with Crippen molar-refractivity contribution in [1.29, 1.82) is 0 Å². The zero-order valence-electron chi connectivity index (χ0n) is 11.4. The van der Waals surface area contributed by atoms with E-state index in [9.17, 15) is 4.79 Å². The normalized spacial score (nSPS) is 13.1. The first-order valence-electron chi connectivity index (χ1n) is 6.53. The zero-order chi connectivity index (χ0) is 14.8. The molecule has 0 unspecified atom stereocenters. The molecule has 1 aromatic carbocycles. The number of hydrogen-bond acceptors (Lipinski definition) is 4. The van der Waals surface area contributed by atoms with Crippen LogP contribution in [0, 0.1) is 6.92 Å². The van der Waals surface area contributed by atoms with E-state index in [-0.39, 0.29) is 12.5 Å². The fourth-order valence-corrected chi connectivity index (χ4v) is 2.28. The van der Waals surface area contributed by atoms with Gasteiger partial charge in [-0.05, 0) is 36.2 Å². The quantitative estimate of drug-likeness (QED) is 0.856. The highest BCUT2D eigenvalue weighted by Gasteiger charge is 2.15. The first-order valence-corrected chi connectivity index (χ1v) is 6.91. The second-order valence-electron chi connectivity index (χ2n) is 4.87. The number of rotatable bonds is 3. The third-order valence-electron chi connectivity index (χ3n) is 3.14. The summed E-state index contributed by atoms with van der Waals surface area (Å²) in [5.41, 5.74) is 3.53. The van der Waals surface area contributed by atoms with Gasteiger partial charge in [-0.2, -0.15) is 0 Å². The van der Waals surface area contributed by atoms with E-state index >= 15 is 0 Å². The molecule has 1 aliphatic rings. The molecule has 2 heterocycles. The van der Waals surface area contributed by atoms with E-state index in [4.69, 9.17) is 16.3 Å². The van der Waals surface area contributed by atoms with Gasteiger partial charge in [-0.1, -0.05) is 17.7 Å². The van der Waals surface area contributed by atoms with Crippen LogP contribution in [0.15, 0.2) is 30.5 Å². The van der Waals surface area contributed by atoms with Gasteiger partial charge in [-0.3, -0.25) is 4.79 Å². The summed E-state index contributed by atoms with van der Waals surface area (Å²) < 4.78 is 5.32.